The summed E-state index contributed by atoms with van der Waals surface area (Å²) in [6, 6.07) is 7.15. The average molecular weight is 275 g/mol. The number of nitrogens with zero attached hydrogens (tertiary/aromatic N) is 1. The molecular formula is C15H21N3O2. The van der Waals surface area contributed by atoms with Gasteiger partial charge in [0.05, 0.1) is 0 Å². The Kier molecular flexibility index (Phi) is 4.09. The Balaban J connectivity index is 2.17. The number of nitrogens with two attached hydrogens (primary N) is 1. The predicted octanol–water partition coefficient (Wildman–Crippen LogP) is 1.28. The quantitative estimate of drug-likeness (QED) is 0.869. The van der Waals surface area contributed by atoms with Crippen LogP contribution in [-0.2, 0) is 4.79 Å². The molecule has 0 spiro atoms. The second kappa shape index (κ2) is 5.63. The molecule has 1 aliphatic rings. The van der Waals surface area contributed by atoms with Gasteiger partial charge in [-0.05, 0) is 38.5 Å². The molecule has 0 saturated carbocycles. The van der Waals surface area contributed by atoms with Crippen LogP contribution in [0.1, 0.15) is 37.0 Å². The summed E-state index contributed by atoms with van der Waals surface area (Å²) in [4.78, 5) is 25.7. The van der Waals surface area contributed by atoms with Gasteiger partial charge in [0.25, 0.3) is 5.91 Å². The van der Waals surface area contributed by atoms with Gasteiger partial charge in [-0.2, -0.15) is 0 Å². The number of rotatable bonds is 4. The molecular weight excluding hydrogens is 254 g/mol. The Morgan fingerprint density at radius 2 is 2.20 bits per heavy atom. The minimum absolute atomic E-state index is 0.116. The molecule has 20 heavy (non-hydrogen) atoms. The summed E-state index contributed by atoms with van der Waals surface area (Å²) < 4.78 is 0. The van der Waals surface area contributed by atoms with E-state index in [1.54, 1.807) is 23.1 Å². The lowest BCUT2D eigenvalue weighted by atomic mass is 10.0. The molecule has 2 amide bonds. The van der Waals surface area contributed by atoms with Crippen LogP contribution in [0.25, 0.3) is 0 Å². The second-order valence-corrected chi connectivity index (χ2v) is 5.74. The Morgan fingerprint density at radius 3 is 2.80 bits per heavy atom. The van der Waals surface area contributed by atoms with Crippen LogP contribution in [0, 0.1) is 0 Å². The van der Waals surface area contributed by atoms with Crippen molar-refractivity contribution in [3.05, 3.63) is 29.8 Å². The fourth-order valence-corrected chi connectivity index (χ4v) is 2.17. The van der Waals surface area contributed by atoms with Crippen molar-refractivity contribution in [2.24, 2.45) is 5.73 Å². The molecule has 5 nitrogen and oxygen atoms in total. The van der Waals surface area contributed by atoms with Crippen molar-refractivity contribution in [3.63, 3.8) is 0 Å². The molecule has 1 aliphatic heterocycles. The van der Waals surface area contributed by atoms with Crippen LogP contribution in [0.4, 0.5) is 5.69 Å². The first kappa shape index (κ1) is 14.5. The van der Waals surface area contributed by atoms with E-state index >= 15 is 0 Å². The number of benzene rings is 1. The second-order valence-electron chi connectivity index (χ2n) is 5.74. The van der Waals surface area contributed by atoms with Gasteiger partial charge < -0.3 is 16.0 Å². The van der Waals surface area contributed by atoms with Gasteiger partial charge >= 0.3 is 0 Å². The molecule has 1 saturated heterocycles. The topological polar surface area (TPSA) is 75.4 Å². The Morgan fingerprint density at radius 1 is 1.45 bits per heavy atom. The van der Waals surface area contributed by atoms with Gasteiger partial charge in [0.1, 0.15) is 0 Å². The zero-order valence-electron chi connectivity index (χ0n) is 12.0. The SMILES string of the molecule is CC(C)(CN)NC(=O)c1cccc(N2CCCC2=O)c1. The summed E-state index contributed by atoms with van der Waals surface area (Å²) in [6.45, 7) is 4.83. The van der Waals surface area contributed by atoms with Crippen LogP contribution in [0.2, 0.25) is 0 Å². The molecule has 1 aromatic carbocycles. The summed E-state index contributed by atoms with van der Waals surface area (Å²) in [6.07, 6.45) is 1.45. The lowest BCUT2D eigenvalue weighted by molar-refractivity contribution is -0.117. The van der Waals surface area contributed by atoms with Gasteiger partial charge in [-0.15, -0.1) is 0 Å². The summed E-state index contributed by atoms with van der Waals surface area (Å²) >= 11 is 0. The van der Waals surface area contributed by atoms with Crippen molar-refractivity contribution in [2.45, 2.75) is 32.2 Å². The Hall–Kier alpha value is -1.88. The first-order chi connectivity index (χ1) is 9.43. The minimum atomic E-state index is -0.448. The highest BCUT2D eigenvalue weighted by Crippen LogP contribution is 2.22. The molecule has 108 valence electrons. The monoisotopic (exact) mass is 275 g/mol. The van der Waals surface area contributed by atoms with Crippen molar-refractivity contribution in [2.75, 3.05) is 18.0 Å². The molecule has 3 N–H and O–H groups in total. The van der Waals surface area contributed by atoms with Crippen LogP contribution < -0.4 is 16.0 Å². The van der Waals surface area contributed by atoms with Gasteiger partial charge in [-0.3, -0.25) is 9.59 Å². The maximum atomic E-state index is 12.2. The fraction of sp³-hybridized carbons (Fsp3) is 0.467. The molecule has 2 rings (SSSR count). The van der Waals surface area contributed by atoms with E-state index in [0.29, 0.717) is 18.5 Å². The van der Waals surface area contributed by atoms with Crippen LogP contribution in [0.3, 0.4) is 0 Å². The molecule has 0 aliphatic carbocycles. The van der Waals surface area contributed by atoms with Gasteiger partial charge in [0.2, 0.25) is 5.91 Å². The highest BCUT2D eigenvalue weighted by molar-refractivity contribution is 5.99. The summed E-state index contributed by atoms with van der Waals surface area (Å²) in [5, 5.41) is 2.88. The van der Waals surface area contributed by atoms with Crippen molar-refractivity contribution in [3.8, 4) is 0 Å². The minimum Gasteiger partial charge on any atom is -0.346 e. The lowest BCUT2D eigenvalue weighted by Crippen LogP contribution is -2.48. The molecule has 0 aromatic heterocycles. The lowest BCUT2D eigenvalue weighted by Gasteiger charge is -2.24. The van der Waals surface area contributed by atoms with Gasteiger partial charge in [-0.25, -0.2) is 0 Å². The Bertz CT molecular complexity index is 526. The zero-order chi connectivity index (χ0) is 14.8. The number of anilines is 1. The maximum absolute atomic E-state index is 12.2. The van der Waals surface area contributed by atoms with Crippen molar-refractivity contribution < 1.29 is 9.59 Å². The number of hydrogen-bond acceptors (Lipinski definition) is 3. The number of carbonyl (C=O) groups is 2. The molecule has 1 aromatic rings. The molecule has 0 radical (unpaired) electrons. The van der Waals surface area contributed by atoms with Crippen molar-refractivity contribution in [1.29, 1.82) is 0 Å². The van der Waals surface area contributed by atoms with E-state index in [1.165, 1.54) is 0 Å². The molecule has 1 fully saturated rings. The average Bonchev–Trinajstić information content (AvgIpc) is 2.85. The van der Waals surface area contributed by atoms with Gasteiger partial charge in [-0.1, -0.05) is 6.07 Å². The number of amides is 2. The van der Waals surface area contributed by atoms with Gasteiger partial charge in [0, 0.05) is 36.3 Å². The van der Waals surface area contributed by atoms with Crippen LogP contribution in [-0.4, -0.2) is 30.4 Å². The van der Waals surface area contributed by atoms with Crippen LogP contribution in [0.15, 0.2) is 24.3 Å². The van der Waals surface area contributed by atoms with E-state index in [4.69, 9.17) is 5.73 Å². The third kappa shape index (κ3) is 3.17. The van der Waals surface area contributed by atoms with Crippen molar-refractivity contribution in [1.82, 2.24) is 5.32 Å². The number of hydrogen-bond donors (Lipinski definition) is 2. The third-order valence-electron chi connectivity index (χ3n) is 3.46. The molecule has 0 bridgehead atoms. The summed E-state index contributed by atoms with van der Waals surface area (Å²) in [5.41, 5.74) is 6.49. The Labute approximate surface area is 119 Å². The summed E-state index contributed by atoms with van der Waals surface area (Å²) in [7, 11) is 0. The van der Waals surface area contributed by atoms with E-state index in [9.17, 15) is 9.59 Å². The van der Waals surface area contributed by atoms with Crippen LogP contribution >= 0.6 is 0 Å². The normalized spacial score (nSPS) is 15.6. The van der Waals surface area contributed by atoms with Crippen molar-refractivity contribution >= 4 is 17.5 Å². The standard InChI is InChI=1S/C15H21N3O2/c1-15(2,10-16)17-14(20)11-5-3-6-12(9-11)18-8-4-7-13(18)19/h3,5-6,9H,4,7-8,10,16H2,1-2H3,(H,17,20). The molecule has 1 heterocycles. The summed E-state index contributed by atoms with van der Waals surface area (Å²) in [5.74, 6) is -0.0567. The largest absolute Gasteiger partial charge is 0.346 e. The highest BCUT2D eigenvalue weighted by atomic mass is 16.2. The van der Waals surface area contributed by atoms with E-state index < -0.39 is 5.54 Å². The third-order valence-corrected chi connectivity index (χ3v) is 3.46. The smallest absolute Gasteiger partial charge is 0.251 e. The first-order valence-corrected chi connectivity index (χ1v) is 6.86. The van der Waals surface area contributed by atoms with Gasteiger partial charge in [0.15, 0.2) is 0 Å². The van der Waals surface area contributed by atoms with E-state index in [0.717, 1.165) is 18.7 Å². The predicted molar refractivity (Wildman–Crippen MR) is 78.6 cm³/mol. The highest BCUT2D eigenvalue weighted by Gasteiger charge is 2.23. The maximum Gasteiger partial charge on any atom is 0.251 e. The first-order valence-electron chi connectivity index (χ1n) is 6.86. The van der Waals surface area contributed by atoms with E-state index in [-0.39, 0.29) is 11.8 Å². The van der Waals surface area contributed by atoms with E-state index in [2.05, 4.69) is 5.32 Å². The molecule has 0 atom stereocenters. The van der Waals surface area contributed by atoms with E-state index in [1.807, 2.05) is 19.9 Å². The zero-order valence-corrected chi connectivity index (χ0v) is 12.0. The van der Waals surface area contributed by atoms with Crippen LogP contribution in [0.5, 0.6) is 0 Å². The fourth-order valence-electron chi connectivity index (χ4n) is 2.17. The number of carbonyl (C=O) groups excluding carboxylic acids is 2. The number of nitrogens with one attached hydrogen (secondary N) is 1. The molecule has 5 heteroatoms. The molecule has 0 unspecified atom stereocenters.